The van der Waals surface area contributed by atoms with E-state index in [2.05, 4.69) is 0 Å². The molecule has 3 N–H and O–H groups in total. The average Bonchev–Trinajstić information content (AvgIpc) is 2.16. The lowest BCUT2D eigenvalue weighted by molar-refractivity contribution is 0.153. The summed E-state index contributed by atoms with van der Waals surface area (Å²) >= 11 is 0. The molecule has 2 atom stereocenters. The van der Waals surface area contributed by atoms with E-state index in [1.54, 1.807) is 31.2 Å². The predicted octanol–water partition coefficient (Wildman–Crippen LogP) is 0.939. The number of benzene rings is 1. The van der Waals surface area contributed by atoms with Gasteiger partial charge >= 0.3 is 0 Å². The van der Waals surface area contributed by atoms with Gasteiger partial charge in [-0.05, 0) is 18.6 Å². The van der Waals surface area contributed by atoms with Crippen molar-refractivity contribution in [3.8, 4) is 6.07 Å². The summed E-state index contributed by atoms with van der Waals surface area (Å²) in [6, 6.07) is 8.57. The molecule has 3 heteroatoms. The molecule has 0 aliphatic carbocycles. The van der Waals surface area contributed by atoms with Gasteiger partial charge in [0.05, 0.1) is 17.7 Å². The summed E-state index contributed by atoms with van der Waals surface area (Å²) < 4.78 is 0. The normalized spacial score (nSPS) is 14.6. The molecule has 0 saturated heterocycles. The van der Waals surface area contributed by atoms with E-state index in [0.717, 1.165) is 0 Å². The van der Waals surface area contributed by atoms with E-state index in [1.165, 1.54) is 0 Å². The quantitative estimate of drug-likeness (QED) is 0.704. The fourth-order valence-electron chi connectivity index (χ4n) is 1.14. The maximum atomic E-state index is 9.63. The molecule has 0 spiro atoms. The number of rotatable bonds is 2. The second-order valence-electron chi connectivity index (χ2n) is 3.00. The molecule has 0 aliphatic heterocycles. The van der Waals surface area contributed by atoms with Crippen LogP contribution in [-0.4, -0.2) is 11.1 Å². The number of aliphatic hydroxyl groups excluding tert-OH is 1. The molecule has 3 nitrogen and oxygen atoms in total. The molecule has 0 fully saturated rings. The Balaban J connectivity index is 3.07. The highest BCUT2D eigenvalue weighted by molar-refractivity contribution is 5.39. The highest BCUT2D eigenvalue weighted by atomic mass is 16.3. The van der Waals surface area contributed by atoms with E-state index in [1.807, 2.05) is 6.07 Å². The van der Waals surface area contributed by atoms with Crippen molar-refractivity contribution >= 4 is 0 Å². The Morgan fingerprint density at radius 3 is 2.62 bits per heavy atom. The minimum atomic E-state index is -0.768. The van der Waals surface area contributed by atoms with E-state index in [0.29, 0.717) is 11.1 Å². The molecule has 0 aliphatic rings. The zero-order valence-electron chi connectivity index (χ0n) is 7.44. The lowest BCUT2D eigenvalue weighted by Gasteiger charge is -2.15. The van der Waals surface area contributed by atoms with Crippen LogP contribution in [0.3, 0.4) is 0 Å². The third-order valence-electron chi connectivity index (χ3n) is 1.90. The fraction of sp³-hybridized carbons (Fsp3) is 0.300. The largest absolute Gasteiger partial charge is 0.387 e. The van der Waals surface area contributed by atoms with Gasteiger partial charge in [-0.2, -0.15) is 5.26 Å². The van der Waals surface area contributed by atoms with Gasteiger partial charge in [-0.25, -0.2) is 0 Å². The van der Waals surface area contributed by atoms with Crippen molar-refractivity contribution < 1.29 is 5.11 Å². The van der Waals surface area contributed by atoms with E-state index in [-0.39, 0.29) is 6.04 Å². The number of aliphatic hydroxyl groups is 1. The smallest absolute Gasteiger partial charge is 0.0995 e. The molecule has 68 valence electrons. The molecule has 1 rings (SSSR count). The Kier molecular flexibility index (Phi) is 3.02. The summed E-state index contributed by atoms with van der Waals surface area (Å²) in [5.41, 5.74) is 6.61. The van der Waals surface area contributed by atoms with Crippen molar-refractivity contribution in [3.05, 3.63) is 35.4 Å². The van der Waals surface area contributed by atoms with Crippen LogP contribution in [0.2, 0.25) is 0 Å². The molecular weight excluding hydrogens is 164 g/mol. The summed E-state index contributed by atoms with van der Waals surface area (Å²) in [6.07, 6.45) is -0.768. The van der Waals surface area contributed by atoms with Crippen LogP contribution in [0.15, 0.2) is 24.3 Å². The molecule has 0 bridgehead atoms. The number of hydrogen-bond donors (Lipinski definition) is 2. The van der Waals surface area contributed by atoms with Crippen LogP contribution in [-0.2, 0) is 0 Å². The number of nitrogens with zero attached hydrogens (tertiary/aromatic N) is 1. The van der Waals surface area contributed by atoms with Crippen molar-refractivity contribution in [1.29, 1.82) is 5.26 Å². The molecule has 0 aromatic heterocycles. The van der Waals surface area contributed by atoms with E-state index in [9.17, 15) is 5.11 Å². The first-order valence-corrected chi connectivity index (χ1v) is 4.09. The van der Waals surface area contributed by atoms with Crippen molar-refractivity contribution in [2.45, 2.75) is 19.1 Å². The SMILES string of the molecule is CC(N)C(O)c1ccccc1C#N. The van der Waals surface area contributed by atoms with Crippen LogP contribution < -0.4 is 5.73 Å². The van der Waals surface area contributed by atoms with Gasteiger partial charge in [0.1, 0.15) is 0 Å². The summed E-state index contributed by atoms with van der Waals surface area (Å²) in [4.78, 5) is 0. The molecule has 0 heterocycles. The Hall–Kier alpha value is -1.37. The van der Waals surface area contributed by atoms with Crippen LogP contribution >= 0.6 is 0 Å². The first kappa shape index (κ1) is 9.72. The van der Waals surface area contributed by atoms with E-state index < -0.39 is 6.10 Å². The van der Waals surface area contributed by atoms with Crippen molar-refractivity contribution in [2.24, 2.45) is 5.73 Å². The highest BCUT2D eigenvalue weighted by Gasteiger charge is 2.15. The van der Waals surface area contributed by atoms with Gasteiger partial charge in [0.25, 0.3) is 0 Å². The van der Waals surface area contributed by atoms with Crippen LogP contribution in [0.1, 0.15) is 24.2 Å². The third kappa shape index (κ3) is 2.05. The molecule has 1 aromatic rings. The minimum absolute atomic E-state index is 0.366. The van der Waals surface area contributed by atoms with Gasteiger partial charge in [-0.3, -0.25) is 0 Å². The first-order chi connectivity index (χ1) is 6.16. The van der Waals surface area contributed by atoms with Gasteiger partial charge in [0.15, 0.2) is 0 Å². The number of hydrogen-bond acceptors (Lipinski definition) is 3. The van der Waals surface area contributed by atoms with Gasteiger partial charge in [0.2, 0.25) is 0 Å². The van der Waals surface area contributed by atoms with E-state index in [4.69, 9.17) is 11.0 Å². The number of nitrogens with two attached hydrogens (primary N) is 1. The van der Waals surface area contributed by atoms with Gasteiger partial charge in [-0.1, -0.05) is 18.2 Å². The predicted molar refractivity (Wildman–Crippen MR) is 49.8 cm³/mol. The Morgan fingerprint density at radius 2 is 2.08 bits per heavy atom. The lowest BCUT2D eigenvalue weighted by atomic mass is 9.99. The van der Waals surface area contributed by atoms with Crippen molar-refractivity contribution in [1.82, 2.24) is 0 Å². The molecule has 0 amide bonds. The average molecular weight is 176 g/mol. The standard InChI is InChI=1S/C10H12N2O/c1-7(12)10(13)9-5-3-2-4-8(9)6-11/h2-5,7,10,13H,12H2,1H3. The molecule has 2 unspecified atom stereocenters. The summed E-state index contributed by atoms with van der Waals surface area (Å²) in [5.74, 6) is 0. The maximum absolute atomic E-state index is 9.63. The second kappa shape index (κ2) is 4.04. The summed E-state index contributed by atoms with van der Waals surface area (Å²) in [7, 11) is 0. The Bertz CT molecular complexity index is 328. The fourth-order valence-corrected chi connectivity index (χ4v) is 1.14. The first-order valence-electron chi connectivity index (χ1n) is 4.09. The van der Waals surface area contributed by atoms with E-state index >= 15 is 0 Å². The van der Waals surface area contributed by atoms with Gasteiger partial charge in [-0.15, -0.1) is 0 Å². The zero-order chi connectivity index (χ0) is 9.84. The van der Waals surface area contributed by atoms with Crippen molar-refractivity contribution in [3.63, 3.8) is 0 Å². The Labute approximate surface area is 77.4 Å². The van der Waals surface area contributed by atoms with Crippen LogP contribution in [0, 0.1) is 11.3 Å². The Morgan fingerprint density at radius 1 is 1.46 bits per heavy atom. The van der Waals surface area contributed by atoms with Crippen LogP contribution in [0.25, 0.3) is 0 Å². The third-order valence-corrected chi connectivity index (χ3v) is 1.90. The van der Waals surface area contributed by atoms with Gasteiger partial charge < -0.3 is 10.8 Å². The summed E-state index contributed by atoms with van der Waals surface area (Å²) in [5, 5.41) is 18.4. The van der Waals surface area contributed by atoms with Crippen LogP contribution in [0.5, 0.6) is 0 Å². The highest BCUT2D eigenvalue weighted by Crippen LogP contribution is 2.18. The molecular formula is C10H12N2O. The maximum Gasteiger partial charge on any atom is 0.0995 e. The summed E-state index contributed by atoms with van der Waals surface area (Å²) in [6.45, 7) is 1.71. The molecule has 13 heavy (non-hydrogen) atoms. The van der Waals surface area contributed by atoms with Gasteiger partial charge in [0, 0.05) is 6.04 Å². The zero-order valence-corrected chi connectivity index (χ0v) is 7.44. The number of nitriles is 1. The van der Waals surface area contributed by atoms with Crippen molar-refractivity contribution in [2.75, 3.05) is 0 Å². The topological polar surface area (TPSA) is 70.0 Å². The lowest BCUT2D eigenvalue weighted by Crippen LogP contribution is -2.24. The minimum Gasteiger partial charge on any atom is -0.387 e. The molecule has 0 radical (unpaired) electrons. The van der Waals surface area contributed by atoms with Crippen LogP contribution in [0.4, 0.5) is 0 Å². The molecule has 0 saturated carbocycles. The monoisotopic (exact) mass is 176 g/mol. The second-order valence-corrected chi connectivity index (χ2v) is 3.00. The molecule has 1 aromatic carbocycles.